The molecule has 0 amide bonds. The highest BCUT2D eigenvalue weighted by Gasteiger charge is 2.51. The molecule has 0 unspecified atom stereocenters. The molecule has 4 rings (SSSR count). The second kappa shape index (κ2) is 6.63. The lowest BCUT2D eigenvalue weighted by atomic mass is 9.71. The molecule has 0 fully saturated rings. The van der Waals surface area contributed by atoms with E-state index in [4.69, 9.17) is 0 Å². The lowest BCUT2D eigenvalue weighted by Gasteiger charge is -2.40. The summed E-state index contributed by atoms with van der Waals surface area (Å²) in [7, 11) is 0. The van der Waals surface area contributed by atoms with Crippen molar-refractivity contribution < 1.29 is 14.7 Å². The van der Waals surface area contributed by atoms with E-state index in [1.54, 1.807) is 0 Å². The van der Waals surface area contributed by atoms with Gasteiger partial charge in [-0.15, -0.1) is 0 Å². The van der Waals surface area contributed by atoms with Crippen molar-refractivity contribution in [2.24, 2.45) is 5.92 Å². The third-order valence-corrected chi connectivity index (χ3v) is 8.31. The number of Topliss-reactive ketones (excluding diaryl/α,β-unsaturated/α-hetero) is 1. The number of ketones is 1. The van der Waals surface area contributed by atoms with Crippen LogP contribution in [0.1, 0.15) is 53.1 Å². The van der Waals surface area contributed by atoms with Crippen LogP contribution in [-0.2, 0) is 23.1 Å². The van der Waals surface area contributed by atoms with Gasteiger partial charge in [-0.3, -0.25) is 14.4 Å². The van der Waals surface area contributed by atoms with Crippen LogP contribution >= 0.6 is 23.1 Å². The molecule has 142 valence electrons. The molecular formula is C20H21NO4S2. The zero-order valence-electron chi connectivity index (χ0n) is 15.2. The largest absolute Gasteiger partial charge is 0.480 e. The molecule has 1 aromatic carbocycles. The zero-order valence-corrected chi connectivity index (χ0v) is 16.8. The number of aliphatic carboxylic acids is 1. The number of rotatable bonds is 3. The number of hydrogen-bond donors (Lipinski definition) is 2. The van der Waals surface area contributed by atoms with Gasteiger partial charge in [0, 0.05) is 15.9 Å². The van der Waals surface area contributed by atoms with E-state index in [1.807, 2.05) is 32.0 Å². The molecule has 0 spiro atoms. The van der Waals surface area contributed by atoms with Crippen molar-refractivity contribution in [3.63, 3.8) is 0 Å². The van der Waals surface area contributed by atoms with Crippen LogP contribution in [0, 0.1) is 5.92 Å². The van der Waals surface area contributed by atoms with E-state index in [9.17, 15) is 19.5 Å². The first-order valence-corrected chi connectivity index (χ1v) is 10.8. The standard InChI is InChI=1S/C20H21NO4S2/c1-20(2)13(15(18(23)24)26-17-16(20)27-19(25)21-17)14(22)12-8-7-10-5-3-4-6-11(10)9-12/h7-9,13,15H,3-6H2,1-2H3,(H,21,25)(H,23,24)/t13-,15+/m0/s1. The highest BCUT2D eigenvalue weighted by atomic mass is 32.2. The number of aromatic amines is 1. The Balaban J connectivity index is 1.79. The van der Waals surface area contributed by atoms with E-state index in [0.29, 0.717) is 10.6 Å². The molecule has 2 N–H and O–H groups in total. The van der Waals surface area contributed by atoms with Gasteiger partial charge in [0.2, 0.25) is 0 Å². The topological polar surface area (TPSA) is 87.2 Å². The van der Waals surface area contributed by atoms with Crippen molar-refractivity contribution in [1.29, 1.82) is 0 Å². The minimum Gasteiger partial charge on any atom is -0.480 e. The van der Waals surface area contributed by atoms with Crippen LogP contribution in [0.3, 0.4) is 0 Å². The van der Waals surface area contributed by atoms with E-state index < -0.39 is 22.6 Å². The van der Waals surface area contributed by atoms with Crippen molar-refractivity contribution in [1.82, 2.24) is 4.98 Å². The summed E-state index contributed by atoms with van der Waals surface area (Å²) in [5.41, 5.74) is 2.33. The monoisotopic (exact) mass is 403 g/mol. The highest BCUT2D eigenvalue weighted by Crippen LogP contribution is 2.50. The molecule has 1 aromatic heterocycles. The van der Waals surface area contributed by atoms with Gasteiger partial charge in [-0.1, -0.05) is 49.1 Å². The van der Waals surface area contributed by atoms with Gasteiger partial charge in [0.05, 0.1) is 10.9 Å². The molecule has 0 radical (unpaired) electrons. The molecule has 1 aliphatic heterocycles. The molecule has 0 saturated carbocycles. The molecule has 0 saturated heterocycles. The Labute approximate surface area is 165 Å². The Morgan fingerprint density at radius 3 is 2.59 bits per heavy atom. The third kappa shape index (κ3) is 3.06. The van der Waals surface area contributed by atoms with Crippen molar-refractivity contribution in [2.75, 3.05) is 0 Å². The van der Waals surface area contributed by atoms with Gasteiger partial charge in [-0.05, 0) is 42.9 Å². The minimum absolute atomic E-state index is 0.153. The second-order valence-electron chi connectivity index (χ2n) is 7.80. The second-order valence-corrected chi connectivity index (χ2v) is 9.94. The van der Waals surface area contributed by atoms with Gasteiger partial charge in [0.25, 0.3) is 0 Å². The van der Waals surface area contributed by atoms with Gasteiger partial charge >= 0.3 is 10.8 Å². The summed E-state index contributed by atoms with van der Waals surface area (Å²) in [5.74, 6) is -1.91. The van der Waals surface area contributed by atoms with Crippen LogP contribution in [0.2, 0.25) is 0 Å². The van der Waals surface area contributed by atoms with E-state index in [2.05, 4.69) is 4.98 Å². The van der Waals surface area contributed by atoms with Gasteiger partial charge < -0.3 is 10.1 Å². The molecule has 27 heavy (non-hydrogen) atoms. The van der Waals surface area contributed by atoms with Crippen LogP contribution in [0.4, 0.5) is 0 Å². The van der Waals surface area contributed by atoms with Gasteiger partial charge in [0.1, 0.15) is 5.25 Å². The fraction of sp³-hybridized carbons (Fsp3) is 0.450. The Morgan fingerprint density at radius 1 is 1.19 bits per heavy atom. The van der Waals surface area contributed by atoms with Crippen LogP contribution < -0.4 is 4.87 Å². The van der Waals surface area contributed by atoms with Crippen LogP contribution in [0.15, 0.2) is 28.0 Å². The number of aryl methyl sites for hydroxylation is 2. The maximum absolute atomic E-state index is 13.5. The summed E-state index contributed by atoms with van der Waals surface area (Å²) < 4.78 is 0. The number of benzene rings is 1. The number of carboxylic acids is 1. The summed E-state index contributed by atoms with van der Waals surface area (Å²) in [6.45, 7) is 3.73. The van der Waals surface area contributed by atoms with Gasteiger partial charge in [-0.25, -0.2) is 0 Å². The highest BCUT2D eigenvalue weighted by molar-refractivity contribution is 8.00. The van der Waals surface area contributed by atoms with E-state index in [0.717, 1.165) is 47.2 Å². The fourth-order valence-electron chi connectivity index (χ4n) is 4.26. The molecular weight excluding hydrogens is 382 g/mol. The number of thiazole rings is 1. The molecule has 2 atom stereocenters. The van der Waals surface area contributed by atoms with Gasteiger partial charge in [-0.2, -0.15) is 0 Å². The molecule has 2 aromatic rings. The maximum atomic E-state index is 13.5. The summed E-state index contributed by atoms with van der Waals surface area (Å²) in [6.07, 6.45) is 4.29. The first-order chi connectivity index (χ1) is 12.8. The summed E-state index contributed by atoms with van der Waals surface area (Å²) in [5, 5.41) is 9.45. The Morgan fingerprint density at radius 2 is 1.89 bits per heavy atom. The lowest BCUT2D eigenvalue weighted by molar-refractivity contribution is -0.137. The number of carbonyl (C=O) groups is 2. The number of nitrogens with one attached hydrogen (secondary N) is 1. The predicted octanol–water partition coefficient (Wildman–Crippen LogP) is 3.65. The maximum Gasteiger partial charge on any atom is 0.317 e. The average Bonchev–Trinajstić information content (AvgIpc) is 3.02. The van der Waals surface area contributed by atoms with E-state index in [1.165, 1.54) is 17.5 Å². The molecule has 7 heteroatoms. The summed E-state index contributed by atoms with van der Waals surface area (Å²) in [4.78, 5) is 40.6. The number of carbonyl (C=O) groups excluding carboxylic acids is 1. The van der Waals surface area contributed by atoms with Crippen LogP contribution in [0.5, 0.6) is 0 Å². The zero-order chi connectivity index (χ0) is 19.3. The average molecular weight is 404 g/mol. The van der Waals surface area contributed by atoms with Crippen molar-refractivity contribution >= 4 is 34.9 Å². The first kappa shape index (κ1) is 18.5. The van der Waals surface area contributed by atoms with E-state index in [-0.39, 0.29) is 10.7 Å². The Kier molecular flexibility index (Phi) is 4.55. The quantitative estimate of drug-likeness (QED) is 0.764. The normalized spacial score (nSPS) is 23.3. The molecule has 2 aliphatic rings. The molecule has 5 nitrogen and oxygen atoms in total. The number of thioether (sulfide) groups is 1. The summed E-state index contributed by atoms with van der Waals surface area (Å²) in [6, 6.07) is 5.80. The van der Waals surface area contributed by atoms with Crippen molar-refractivity contribution in [2.45, 2.75) is 55.2 Å². The van der Waals surface area contributed by atoms with Crippen LogP contribution in [-0.4, -0.2) is 27.1 Å². The lowest BCUT2D eigenvalue weighted by Crippen LogP contribution is -2.47. The third-order valence-electron chi connectivity index (χ3n) is 5.69. The smallest absolute Gasteiger partial charge is 0.317 e. The fourth-order valence-corrected chi connectivity index (χ4v) is 6.94. The van der Waals surface area contributed by atoms with Crippen molar-refractivity contribution in [3.05, 3.63) is 49.4 Å². The van der Waals surface area contributed by atoms with Crippen LogP contribution in [0.25, 0.3) is 0 Å². The summed E-state index contributed by atoms with van der Waals surface area (Å²) >= 11 is 2.16. The predicted molar refractivity (Wildman–Crippen MR) is 106 cm³/mol. The first-order valence-electron chi connectivity index (χ1n) is 9.08. The van der Waals surface area contributed by atoms with E-state index >= 15 is 0 Å². The van der Waals surface area contributed by atoms with Gasteiger partial charge in [0.15, 0.2) is 5.78 Å². The minimum atomic E-state index is -1.03. The number of H-pyrrole nitrogens is 1. The van der Waals surface area contributed by atoms with Crippen molar-refractivity contribution in [3.8, 4) is 0 Å². The Hall–Kier alpha value is -1.86. The number of fused-ring (bicyclic) bond motifs is 2. The number of hydrogen-bond acceptors (Lipinski definition) is 5. The molecule has 1 aliphatic carbocycles. The number of carboxylic acid groups (broad SMARTS) is 1. The Bertz CT molecular complexity index is 988. The SMILES string of the molecule is CC1(C)c2sc(=O)[nH]c2S[C@@H](C(=O)O)[C@@H]1C(=O)c1ccc2c(c1)CCCC2. The molecule has 2 heterocycles. The molecule has 0 bridgehead atoms. The number of aromatic nitrogens is 1.